The van der Waals surface area contributed by atoms with Crippen LogP contribution in [-0.2, 0) is 11.3 Å². The van der Waals surface area contributed by atoms with Crippen molar-refractivity contribution in [1.29, 1.82) is 0 Å². The maximum absolute atomic E-state index is 13.5. The van der Waals surface area contributed by atoms with E-state index in [-0.39, 0.29) is 5.91 Å². The molecule has 0 bridgehead atoms. The van der Waals surface area contributed by atoms with Crippen LogP contribution in [-0.4, -0.2) is 15.7 Å². The Labute approximate surface area is 187 Å². The number of aryl methyl sites for hydroxylation is 1. The number of anilines is 1. The molecular weight excluding hydrogens is 406 g/mol. The molecule has 0 aliphatic carbocycles. The molecule has 4 rings (SSSR count). The molecule has 0 radical (unpaired) electrons. The maximum Gasteiger partial charge on any atom is 0.236 e. The van der Waals surface area contributed by atoms with Crippen molar-refractivity contribution in [1.82, 2.24) is 9.78 Å². The third-order valence-corrected chi connectivity index (χ3v) is 5.80. The summed E-state index contributed by atoms with van der Waals surface area (Å²) in [7, 11) is 0. The normalized spacial score (nSPS) is 11.0. The van der Waals surface area contributed by atoms with E-state index < -0.39 is 5.92 Å². The molecule has 0 saturated carbocycles. The fourth-order valence-corrected chi connectivity index (χ4v) is 4.00. The number of rotatable bonds is 6. The molecule has 5 heteroatoms. The highest BCUT2D eigenvalue weighted by atomic mass is 35.5. The monoisotopic (exact) mass is 429 g/mol. The fourth-order valence-electron chi connectivity index (χ4n) is 3.80. The van der Waals surface area contributed by atoms with Gasteiger partial charge in [-0.1, -0.05) is 90.5 Å². The fraction of sp³-hybridized carbons (Fsp3) is 0.154. The highest BCUT2D eigenvalue weighted by molar-refractivity contribution is 6.31. The van der Waals surface area contributed by atoms with E-state index in [0.29, 0.717) is 11.6 Å². The van der Waals surface area contributed by atoms with Crippen LogP contribution in [0.15, 0.2) is 84.9 Å². The summed E-state index contributed by atoms with van der Waals surface area (Å²) in [5.41, 5.74) is 5.30. The first-order valence-electron chi connectivity index (χ1n) is 10.2. The zero-order chi connectivity index (χ0) is 21.8. The zero-order valence-electron chi connectivity index (χ0n) is 17.5. The lowest BCUT2D eigenvalue weighted by molar-refractivity contribution is -0.116. The summed E-state index contributed by atoms with van der Waals surface area (Å²) in [5, 5.41) is 8.49. The van der Waals surface area contributed by atoms with Crippen molar-refractivity contribution in [3.63, 3.8) is 0 Å². The molecular formula is C26H24ClN3O. The van der Waals surface area contributed by atoms with Gasteiger partial charge in [0.1, 0.15) is 0 Å². The third kappa shape index (κ3) is 4.54. The summed E-state index contributed by atoms with van der Waals surface area (Å²) in [5.74, 6) is -0.492. The predicted molar refractivity (Wildman–Crippen MR) is 126 cm³/mol. The molecule has 0 unspecified atom stereocenters. The van der Waals surface area contributed by atoms with E-state index in [1.165, 1.54) is 0 Å². The number of benzene rings is 3. The molecule has 0 aliphatic rings. The largest absolute Gasteiger partial charge is 0.322 e. The second kappa shape index (κ2) is 9.19. The number of nitrogens with one attached hydrogen (secondary N) is 1. The SMILES string of the molecule is Cc1nn(Cc2ccccc2Cl)c(C)c1NC(=O)C(c1ccccc1)c1ccccc1. The second-order valence-corrected chi connectivity index (χ2v) is 7.95. The molecule has 4 aromatic rings. The lowest BCUT2D eigenvalue weighted by Gasteiger charge is -2.18. The van der Waals surface area contributed by atoms with E-state index in [9.17, 15) is 4.79 Å². The average molecular weight is 430 g/mol. The molecule has 31 heavy (non-hydrogen) atoms. The van der Waals surface area contributed by atoms with E-state index in [0.717, 1.165) is 33.8 Å². The number of halogens is 1. The number of amides is 1. The van der Waals surface area contributed by atoms with Gasteiger partial charge in [0.25, 0.3) is 0 Å². The van der Waals surface area contributed by atoms with Gasteiger partial charge < -0.3 is 5.32 Å². The van der Waals surface area contributed by atoms with Gasteiger partial charge in [-0.15, -0.1) is 0 Å². The Hall–Kier alpha value is -3.37. The van der Waals surface area contributed by atoms with Crippen LogP contribution in [0.1, 0.15) is 34.0 Å². The van der Waals surface area contributed by atoms with Gasteiger partial charge >= 0.3 is 0 Å². The molecule has 0 saturated heterocycles. The Morgan fingerprint density at radius 3 is 2.03 bits per heavy atom. The molecule has 0 atom stereocenters. The molecule has 1 N–H and O–H groups in total. The molecule has 0 aliphatic heterocycles. The van der Waals surface area contributed by atoms with Crippen LogP contribution in [0.5, 0.6) is 0 Å². The Morgan fingerprint density at radius 2 is 1.45 bits per heavy atom. The van der Waals surface area contributed by atoms with Crippen molar-refractivity contribution in [3.8, 4) is 0 Å². The minimum Gasteiger partial charge on any atom is -0.322 e. The van der Waals surface area contributed by atoms with Gasteiger partial charge in [0.2, 0.25) is 5.91 Å². The topological polar surface area (TPSA) is 46.9 Å². The highest BCUT2D eigenvalue weighted by Gasteiger charge is 2.25. The van der Waals surface area contributed by atoms with Gasteiger partial charge in [0.15, 0.2) is 0 Å². The Kier molecular flexibility index (Phi) is 6.19. The van der Waals surface area contributed by atoms with Gasteiger partial charge in [-0.25, -0.2) is 0 Å². The minimum absolute atomic E-state index is 0.0825. The first kappa shape index (κ1) is 20.9. The number of hydrogen-bond acceptors (Lipinski definition) is 2. The van der Waals surface area contributed by atoms with Crippen molar-refractivity contribution in [3.05, 3.63) is 118 Å². The van der Waals surface area contributed by atoms with E-state index >= 15 is 0 Å². The van der Waals surface area contributed by atoms with Crippen LogP contribution in [0.3, 0.4) is 0 Å². The molecule has 156 valence electrons. The van der Waals surface area contributed by atoms with Crippen LogP contribution < -0.4 is 5.32 Å². The van der Waals surface area contributed by atoms with Crippen molar-refractivity contribution >= 4 is 23.2 Å². The second-order valence-electron chi connectivity index (χ2n) is 7.54. The molecule has 1 heterocycles. The van der Waals surface area contributed by atoms with Gasteiger partial charge in [-0.05, 0) is 36.6 Å². The molecule has 0 fully saturated rings. The Bertz CT molecular complexity index is 1150. The first-order chi connectivity index (χ1) is 15.0. The summed E-state index contributed by atoms with van der Waals surface area (Å²) >= 11 is 6.32. The van der Waals surface area contributed by atoms with Gasteiger partial charge in [0.05, 0.1) is 29.5 Å². The lowest BCUT2D eigenvalue weighted by atomic mass is 9.90. The van der Waals surface area contributed by atoms with Gasteiger partial charge in [-0.2, -0.15) is 5.10 Å². The summed E-state index contributed by atoms with van der Waals surface area (Å²) < 4.78 is 1.88. The molecule has 3 aromatic carbocycles. The zero-order valence-corrected chi connectivity index (χ0v) is 18.3. The van der Waals surface area contributed by atoms with E-state index in [4.69, 9.17) is 11.6 Å². The molecule has 1 amide bonds. The average Bonchev–Trinajstić information content (AvgIpc) is 3.04. The number of aromatic nitrogens is 2. The molecule has 1 aromatic heterocycles. The quantitative estimate of drug-likeness (QED) is 0.410. The van der Waals surface area contributed by atoms with Crippen LogP contribution in [0.4, 0.5) is 5.69 Å². The standard InChI is InChI=1S/C26H24ClN3O/c1-18-25(19(2)30(29-18)17-22-15-9-10-16-23(22)27)28-26(31)24(20-11-5-3-6-12-20)21-13-7-4-8-14-21/h3-16,24H,17H2,1-2H3,(H,28,31). The molecule has 4 nitrogen and oxygen atoms in total. The smallest absolute Gasteiger partial charge is 0.236 e. The minimum atomic E-state index is -0.409. The Morgan fingerprint density at radius 1 is 0.903 bits per heavy atom. The highest BCUT2D eigenvalue weighted by Crippen LogP contribution is 2.29. The van der Waals surface area contributed by atoms with Crippen molar-refractivity contribution in [2.45, 2.75) is 26.3 Å². The first-order valence-corrected chi connectivity index (χ1v) is 10.6. The van der Waals surface area contributed by atoms with Crippen molar-refractivity contribution < 1.29 is 4.79 Å². The van der Waals surface area contributed by atoms with Crippen molar-refractivity contribution in [2.24, 2.45) is 0 Å². The van der Waals surface area contributed by atoms with E-state index in [1.54, 1.807) is 0 Å². The van der Waals surface area contributed by atoms with Crippen molar-refractivity contribution in [2.75, 3.05) is 5.32 Å². The Balaban J connectivity index is 1.64. The van der Waals surface area contributed by atoms with Gasteiger partial charge in [-0.3, -0.25) is 9.48 Å². The predicted octanol–water partition coefficient (Wildman–Crippen LogP) is 5.97. The van der Waals surface area contributed by atoms with E-state index in [1.807, 2.05) is 103 Å². The summed E-state index contributed by atoms with van der Waals surface area (Å²) in [6.45, 7) is 4.42. The summed E-state index contributed by atoms with van der Waals surface area (Å²) in [4.78, 5) is 13.5. The summed E-state index contributed by atoms with van der Waals surface area (Å²) in [6.07, 6.45) is 0. The van der Waals surface area contributed by atoms with Crippen LogP contribution >= 0.6 is 11.6 Å². The van der Waals surface area contributed by atoms with Crippen LogP contribution in [0.2, 0.25) is 5.02 Å². The summed E-state index contributed by atoms with van der Waals surface area (Å²) in [6, 6.07) is 27.4. The number of nitrogens with zero attached hydrogens (tertiary/aromatic N) is 2. The third-order valence-electron chi connectivity index (χ3n) is 5.44. The number of hydrogen-bond donors (Lipinski definition) is 1. The van der Waals surface area contributed by atoms with Gasteiger partial charge in [0, 0.05) is 5.02 Å². The van der Waals surface area contributed by atoms with Crippen LogP contribution in [0, 0.1) is 13.8 Å². The van der Waals surface area contributed by atoms with Crippen LogP contribution in [0.25, 0.3) is 0 Å². The number of carbonyl (C=O) groups is 1. The molecule has 0 spiro atoms. The van der Waals surface area contributed by atoms with E-state index in [2.05, 4.69) is 10.4 Å². The number of carbonyl (C=O) groups excluding carboxylic acids is 1. The maximum atomic E-state index is 13.5. The lowest BCUT2D eigenvalue weighted by Crippen LogP contribution is -2.23.